The molecular formula is C20H13Cl2N3O2. The third-order valence-electron chi connectivity index (χ3n) is 3.74. The van der Waals surface area contributed by atoms with Crippen molar-refractivity contribution in [2.75, 3.05) is 5.32 Å². The maximum absolute atomic E-state index is 12.5. The highest BCUT2D eigenvalue weighted by Crippen LogP contribution is 2.26. The van der Waals surface area contributed by atoms with Crippen molar-refractivity contribution in [1.29, 1.82) is 5.26 Å². The molecule has 0 fully saturated rings. The number of rotatable bonds is 4. The molecule has 1 amide bonds. The predicted molar refractivity (Wildman–Crippen MR) is 106 cm³/mol. The smallest absolute Gasteiger partial charge is 0.266 e. The van der Waals surface area contributed by atoms with Gasteiger partial charge in [-0.15, -0.1) is 0 Å². The number of aromatic nitrogens is 1. The molecule has 5 nitrogen and oxygen atoms in total. The Hall–Kier alpha value is -3.20. The summed E-state index contributed by atoms with van der Waals surface area (Å²) in [6.07, 6.45) is 3.27. The lowest BCUT2D eigenvalue weighted by atomic mass is 10.2. The van der Waals surface area contributed by atoms with Crippen LogP contribution in [0.25, 0.3) is 11.8 Å². The van der Waals surface area contributed by atoms with Gasteiger partial charge in [-0.05, 0) is 60.7 Å². The van der Waals surface area contributed by atoms with E-state index in [9.17, 15) is 15.2 Å². The third kappa shape index (κ3) is 4.32. The van der Waals surface area contributed by atoms with Crippen molar-refractivity contribution in [2.24, 2.45) is 0 Å². The van der Waals surface area contributed by atoms with E-state index < -0.39 is 5.91 Å². The predicted octanol–water partition coefficient (Wildman–Crippen LogP) is 5.04. The molecule has 1 heterocycles. The Morgan fingerprint density at radius 1 is 1.15 bits per heavy atom. The van der Waals surface area contributed by atoms with Gasteiger partial charge in [-0.25, -0.2) is 0 Å². The number of nitrogens with one attached hydrogen (secondary N) is 1. The molecule has 0 radical (unpaired) electrons. The van der Waals surface area contributed by atoms with Crippen LogP contribution in [-0.2, 0) is 4.79 Å². The minimum atomic E-state index is -0.583. The average molecular weight is 398 g/mol. The number of hydrogen-bond acceptors (Lipinski definition) is 3. The monoisotopic (exact) mass is 397 g/mol. The summed E-state index contributed by atoms with van der Waals surface area (Å²) in [5.41, 5.74) is 1.69. The Bertz CT molecular complexity index is 1060. The Balaban J connectivity index is 1.89. The fourth-order valence-corrected chi connectivity index (χ4v) is 2.89. The van der Waals surface area contributed by atoms with Gasteiger partial charge in [-0.1, -0.05) is 23.2 Å². The summed E-state index contributed by atoms with van der Waals surface area (Å²) >= 11 is 11.9. The second-order valence-electron chi connectivity index (χ2n) is 5.57. The van der Waals surface area contributed by atoms with Gasteiger partial charge in [-0.2, -0.15) is 5.26 Å². The highest BCUT2D eigenvalue weighted by Gasteiger charge is 2.13. The molecule has 0 bridgehead atoms. The van der Waals surface area contributed by atoms with Crippen LogP contribution in [0.1, 0.15) is 5.69 Å². The van der Waals surface area contributed by atoms with Crippen LogP contribution in [0, 0.1) is 11.3 Å². The maximum atomic E-state index is 12.5. The number of anilines is 1. The zero-order chi connectivity index (χ0) is 19.4. The first-order valence-electron chi connectivity index (χ1n) is 7.83. The first-order chi connectivity index (χ1) is 13.0. The van der Waals surface area contributed by atoms with Crippen LogP contribution < -0.4 is 5.32 Å². The molecule has 0 saturated carbocycles. The van der Waals surface area contributed by atoms with Gasteiger partial charge < -0.3 is 15.0 Å². The van der Waals surface area contributed by atoms with E-state index in [2.05, 4.69) is 5.32 Å². The van der Waals surface area contributed by atoms with E-state index in [0.29, 0.717) is 16.4 Å². The number of phenolic OH excluding ortho intramolecular Hbond substituents is 1. The summed E-state index contributed by atoms with van der Waals surface area (Å²) in [6, 6.07) is 16.7. The molecule has 0 aliphatic heterocycles. The van der Waals surface area contributed by atoms with Crippen LogP contribution in [-0.4, -0.2) is 15.6 Å². The normalized spacial score (nSPS) is 11.1. The van der Waals surface area contributed by atoms with E-state index in [4.69, 9.17) is 23.2 Å². The molecule has 0 saturated heterocycles. The Kier molecular flexibility index (Phi) is 5.51. The number of nitrogens with zero attached hydrogens (tertiary/aromatic N) is 2. The summed E-state index contributed by atoms with van der Waals surface area (Å²) in [5.74, 6) is -0.430. The van der Waals surface area contributed by atoms with Gasteiger partial charge in [0.1, 0.15) is 17.4 Å². The fraction of sp³-hybridized carbons (Fsp3) is 0. The van der Waals surface area contributed by atoms with Gasteiger partial charge in [0.2, 0.25) is 0 Å². The highest BCUT2D eigenvalue weighted by atomic mass is 35.5. The lowest BCUT2D eigenvalue weighted by molar-refractivity contribution is -0.112. The molecule has 0 atom stereocenters. The van der Waals surface area contributed by atoms with E-state index in [1.54, 1.807) is 59.3 Å². The van der Waals surface area contributed by atoms with Crippen molar-refractivity contribution < 1.29 is 9.90 Å². The second kappa shape index (κ2) is 8.00. The molecule has 27 heavy (non-hydrogen) atoms. The molecule has 134 valence electrons. The number of halogens is 2. The van der Waals surface area contributed by atoms with Gasteiger partial charge in [0.15, 0.2) is 0 Å². The molecule has 0 aliphatic carbocycles. The van der Waals surface area contributed by atoms with Crippen molar-refractivity contribution >= 4 is 40.9 Å². The van der Waals surface area contributed by atoms with Crippen LogP contribution in [0.3, 0.4) is 0 Å². The van der Waals surface area contributed by atoms with Gasteiger partial charge in [0, 0.05) is 22.6 Å². The van der Waals surface area contributed by atoms with E-state index >= 15 is 0 Å². The number of aromatic hydroxyl groups is 1. The van der Waals surface area contributed by atoms with Crippen LogP contribution in [0.2, 0.25) is 10.0 Å². The lowest BCUT2D eigenvalue weighted by Gasteiger charge is -2.09. The number of amides is 1. The summed E-state index contributed by atoms with van der Waals surface area (Å²) in [5, 5.41) is 22.2. The van der Waals surface area contributed by atoms with E-state index in [1.165, 1.54) is 12.1 Å². The summed E-state index contributed by atoms with van der Waals surface area (Å²) < 4.78 is 1.79. The number of benzene rings is 2. The number of hydrogen-bond donors (Lipinski definition) is 2. The minimum Gasteiger partial charge on any atom is -0.508 e. The van der Waals surface area contributed by atoms with Crippen LogP contribution in [0.5, 0.6) is 5.75 Å². The quantitative estimate of drug-likeness (QED) is 0.478. The van der Waals surface area contributed by atoms with Gasteiger partial charge in [0.05, 0.1) is 10.7 Å². The molecule has 3 aromatic rings. The van der Waals surface area contributed by atoms with Crippen molar-refractivity contribution in [1.82, 2.24) is 4.57 Å². The molecule has 1 aromatic heterocycles. The Labute approximate surface area is 165 Å². The highest BCUT2D eigenvalue weighted by molar-refractivity contribution is 6.36. The standard InChI is InChI=1S/C20H13Cl2N3O2/c21-14-3-8-19(18(22)11-14)24-20(27)13(12-23)10-16-2-1-9-25(16)15-4-6-17(26)7-5-15/h1-11,26H,(H,24,27)/b13-10-. The lowest BCUT2D eigenvalue weighted by Crippen LogP contribution is -2.14. The molecule has 2 N–H and O–H groups in total. The Morgan fingerprint density at radius 3 is 2.56 bits per heavy atom. The molecule has 0 aliphatic rings. The fourth-order valence-electron chi connectivity index (χ4n) is 2.44. The van der Waals surface area contributed by atoms with E-state index in [-0.39, 0.29) is 16.3 Å². The maximum Gasteiger partial charge on any atom is 0.266 e. The topological polar surface area (TPSA) is 78.1 Å². The van der Waals surface area contributed by atoms with Crippen molar-refractivity contribution in [2.45, 2.75) is 0 Å². The largest absolute Gasteiger partial charge is 0.508 e. The van der Waals surface area contributed by atoms with E-state index in [0.717, 1.165) is 5.69 Å². The molecular weight excluding hydrogens is 385 g/mol. The molecule has 0 unspecified atom stereocenters. The number of carbonyl (C=O) groups is 1. The summed E-state index contributed by atoms with van der Waals surface area (Å²) in [7, 11) is 0. The molecule has 7 heteroatoms. The molecule has 3 rings (SSSR count). The van der Waals surface area contributed by atoms with Gasteiger partial charge >= 0.3 is 0 Å². The molecule has 2 aromatic carbocycles. The SMILES string of the molecule is N#C/C(=C/c1cccn1-c1ccc(O)cc1)C(=O)Nc1ccc(Cl)cc1Cl. The minimum absolute atomic E-state index is 0.0836. The van der Waals surface area contributed by atoms with Crippen LogP contribution in [0.15, 0.2) is 66.4 Å². The first kappa shape index (κ1) is 18.6. The Morgan fingerprint density at radius 2 is 1.89 bits per heavy atom. The summed E-state index contributed by atoms with van der Waals surface area (Å²) in [4.78, 5) is 12.5. The zero-order valence-corrected chi connectivity index (χ0v) is 15.4. The van der Waals surface area contributed by atoms with Crippen molar-refractivity contribution in [3.8, 4) is 17.5 Å². The number of phenols is 1. The van der Waals surface area contributed by atoms with Crippen molar-refractivity contribution in [3.05, 3.63) is 82.1 Å². The van der Waals surface area contributed by atoms with Gasteiger partial charge in [0.25, 0.3) is 5.91 Å². The second-order valence-corrected chi connectivity index (χ2v) is 6.41. The summed E-state index contributed by atoms with van der Waals surface area (Å²) in [6.45, 7) is 0. The number of nitriles is 1. The van der Waals surface area contributed by atoms with Crippen molar-refractivity contribution in [3.63, 3.8) is 0 Å². The van der Waals surface area contributed by atoms with Crippen LogP contribution in [0.4, 0.5) is 5.69 Å². The zero-order valence-electron chi connectivity index (χ0n) is 13.9. The average Bonchev–Trinajstić information content (AvgIpc) is 3.10. The first-order valence-corrected chi connectivity index (χ1v) is 8.58. The van der Waals surface area contributed by atoms with E-state index in [1.807, 2.05) is 6.07 Å². The van der Waals surface area contributed by atoms with Crippen LogP contribution >= 0.6 is 23.2 Å². The molecule has 0 spiro atoms. The number of carbonyl (C=O) groups excluding carboxylic acids is 1. The third-order valence-corrected chi connectivity index (χ3v) is 4.29. The van der Waals surface area contributed by atoms with Gasteiger partial charge in [-0.3, -0.25) is 4.79 Å².